The summed E-state index contributed by atoms with van der Waals surface area (Å²) in [6.45, 7) is 5.31. The second kappa shape index (κ2) is 7.29. The molecule has 1 unspecified atom stereocenters. The fourth-order valence-electron chi connectivity index (χ4n) is 3.10. The number of aliphatic hydroxyl groups is 1. The van der Waals surface area contributed by atoms with Crippen LogP contribution in [0.25, 0.3) is 0 Å². The van der Waals surface area contributed by atoms with Crippen LogP contribution in [-0.2, 0) is 0 Å². The Morgan fingerprint density at radius 1 is 1.19 bits per heavy atom. The van der Waals surface area contributed by atoms with Crippen molar-refractivity contribution in [2.24, 2.45) is 5.92 Å². The molecule has 96 valence electrons. The number of hydrogen-bond acceptors (Lipinski definition) is 2. The summed E-state index contributed by atoms with van der Waals surface area (Å²) in [4.78, 5) is 2.33. The number of hydrogen-bond donors (Lipinski definition) is 1. The predicted molar refractivity (Wildman–Crippen MR) is 69.6 cm³/mol. The maximum Gasteiger partial charge on any atom is 0.0669 e. The van der Waals surface area contributed by atoms with Gasteiger partial charge in [0.2, 0.25) is 0 Å². The molecule has 16 heavy (non-hydrogen) atoms. The fourth-order valence-corrected chi connectivity index (χ4v) is 3.10. The van der Waals surface area contributed by atoms with Crippen LogP contribution in [0, 0.1) is 5.92 Å². The lowest BCUT2D eigenvalue weighted by atomic mass is 9.99. The van der Waals surface area contributed by atoms with Gasteiger partial charge >= 0.3 is 0 Å². The highest BCUT2D eigenvalue weighted by Gasteiger charge is 2.21. The molecule has 1 aliphatic rings. The minimum absolute atomic E-state index is 0.117. The molecule has 1 N–H and O–H groups in total. The molecule has 1 atom stereocenters. The molecule has 0 aromatic rings. The molecule has 0 saturated heterocycles. The highest BCUT2D eigenvalue weighted by atomic mass is 16.3. The van der Waals surface area contributed by atoms with Crippen LogP contribution >= 0.6 is 0 Å². The molecule has 2 nitrogen and oxygen atoms in total. The lowest BCUT2D eigenvalue weighted by Gasteiger charge is -2.29. The second-order valence-corrected chi connectivity index (χ2v) is 5.45. The highest BCUT2D eigenvalue weighted by Crippen LogP contribution is 2.28. The van der Waals surface area contributed by atoms with Gasteiger partial charge in [0.25, 0.3) is 0 Å². The van der Waals surface area contributed by atoms with Crippen molar-refractivity contribution >= 4 is 0 Å². The summed E-state index contributed by atoms with van der Waals surface area (Å²) < 4.78 is 0. The Balaban J connectivity index is 2.23. The quantitative estimate of drug-likeness (QED) is 0.722. The van der Waals surface area contributed by atoms with Gasteiger partial charge in [0, 0.05) is 12.6 Å². The molecule has 0 aromatic carbocycles. The minimum atomic E-state index is -0.117. The molecule has 0 heterocycles. The molecular weight excluding hydrogens is 198 g/mol. The van der Waals surface area contributed by atoms with Crippen molar-refractivity contribution in [3.05, 3.63) is 0 Å². The maximum absolute atomic E-state index is 10.1. The van der Waals surface area contributed by atoms with Gasteiger partial charge in [-0.25, -0.2) is 0 Å². The van der Waals surface area contributed by atoms with E-state index in [9.17, 15) is 5.11 Å². The lowest BCUT2D eigenvalue weighted by molar-refractivity contribution is 0.0822. The normalized spacial score (nSPS) is 19.9. The van der Waals surface area contributed by atoms with Crippen LogP contribution in [0.5, 0.6) is 0 Å². The van der Waals surface area contributed by atoms with Gasteiger partial charge in [0.05, 0.1) is 6.10 Å². The first kappa shape index (κ1) is 14.0. The number of rotatable bonds is 7. The SMILES string of the molecule is CCC(CC)N(C)CC(O)CC1CCCC1. The molecule has 1 saturated carbocycles. The minimum Gasteiger partial charge on any atom is -0.392 e. The van der Waals surface area contributed by atoms with E-state index in [4.69, 9.17) is 0 Å². The number of likely N-dealkylation sites (N-methyl/N-ethyl adjacent to an activating group) is 1. The van der Waals surface area contributed by atoms with Crippen LogP contribution in [0.4, 0.5) is 0 Å². The van der Waals surface area contributed by atoms with Crippen molar-refractivity contribution in [2.45, 2.75) is 70.9 Å². The van der Waals surface area contributed by atoms with Crippen LogP contribution in [0.15, 0.2) is 0 Å². The van der Waals surface area contributed by atoms with E-state index in [1.165, 1.54) is 38.5 Å². The van der Waals surface area contributed by atoms with E-state index < -0.39 is 0 Å². The van der Waals surface area contributed by atoms with E-state index in [0.29, 0.717) is 6.04 Å². The molecule has 2 heteroatoms. The van der Waals surface area contributed by atoms with Crippen molar-refractivity contribution in [3.8, 4) is 0 Å². The molecule has 0 aromatic heterocycles. The number of aliphatic hydroxyl groups excluding tert-OH is 1. The average molecular weight is 227 g/mol. The van der Waals surface area contributed by atoms with Gasteiger partial charge in [-0.15, -0.1) is 0 Å². The van der Waals surface area contributed by atoms with Crippen LogP contribution in [0.1, 0.15) is 58.8 Å². The third-order valence-corrected chi connectivity index (χ3v) is 4.14. The molecule has 1 rings (SSSR count). The summed E-state index contributed by atoms with van der Waals surface area (Å²) in [5.74, 6) is 0.796. The second-order valence-electron chi connectivity index (χ2n) is 5.45. The Morgan fingerprint density at radius 2 is 1.75 bits per heavy atom. The summed E-state index contributed by atoms with van der Waals surface area (Å²) in [7, 11) is 2.15. The van der Waals surface area contributed by atoms with E-state index >= 15 is 0 Å². The van der Waals surface area contributed by atoms with Gasteiger partial charge in [-0.2, -0.15) is 0 Å². The molecule has 0 spiro atoms. The zero-order chi connectivity index (χ0) is 12.0. The van der Waals surface area contributed by atoms with Crippen molar-refractivity contribution < 1.29 is 5.11 Å². The first-order valence-electron chi connectivity index (χ1n) is 7.05. The van der Waals surface area contributed by atoms with Crippen LogP contribution < -0.4 is 0 Å². The monoisotopic (exact) mass is 227 g/mol. The van der Waals surface area contributed by atoms with Crippen LogP contribution in [0.3, 0.4) is 0 Å². The standard InChI is InChI=1S/C14H29NO/c1-4-13(5-2)15(3)11-14(16)10-12-8-6-7-9-12/h12-14,16H,4-11H2,1-3H3. The van der Waals surface area contributed by atoms with Gasteiger partial charge in [-0.05, 0) is 32.2 Å². The van der Waals surface area contributed by atoms with Crippen LogP contribution in [-0.4, -0.2) is 35.7 Å². The Kier molecular flexibility index (Phi) is 6.37. The molecule has 0 amide bonds. The predicted octanol–water partition coefficient (Wildman–Crippen LogP) is 3.05. The van der Waals surface area contributed by atoms with Crippen molar-refractivity contribution in [2.75, 3.05) is 13.6 Å². The summed E-state index contributed by atoms with van der Waals surface area (Å²) in [5, 5.41) is 10.1. The largest absolute Gasteiger partial charge is 0.392 e. The fraction of sp³-hybridized carbons (Fsp3) is 1.00. The Labute approximate surface area is 101 Å². The zero-order valence-electron chi connectivity index (χ0n) is 11.3. The molecule has 0 bridgehead atoms. The Bertz CT molecular complexity index is 174. The van der Waals surface area contributed by atoms with Crippen molar-refractivity contribution in [3.63, 3.8) is 0 Å². The van der Waals surface area contributed by atoms with E-state index in [0.717, 1.165) is 18.9 Å². The van der Waals surface area contributed by atoms with Gasteiger partial charge in [0.15, 0.2) is 0 Å². The average Bonchev–Trinajstić information content (AvgIpc) is 2.71. The van der Waals surface area contributed by atoms with E-state index in [2.05, 4.69) is 25.8 Å². The van der Waals surface area contributed by atoms with E-state index in [-0.39, 0.29) is 6.10 Å². The van der Waals surface area contributed by atoms with Gasteiger partial charge in [-0.1, -0.05) is 39.5 Å². The maximum atomic E-state index is 10.1. The smallest absolute Gasteiger partial charge is 0.0669 e. The van der Waals surface area contributed by atoms with Gasteiger partial charge in [-0.3, -0.25) is 0 Å². The molecule has 0 aliphatic heterocycles. The van der Waals surface area contributed by atoms with Crippen molar-refractivity contribution in [1.29, 1.82) is 0 Å². The molecule has 0 radical (unpaired) electrons. The third kappa shape index (κ3) is 4.42. The summed E-state index contributed by atoms with van der Waals surface area (Å²) >= 11 is 0. The van der Waals surface area contributed by atoms with Crippen molar-refractivity contribution in [1.82, 2.24) is 4.90 Å². The lowest BCUT2D eigenvalue weighted by Crippen LogP contribution is -2.37. The third-order valence-electron chi connectivity index (χ3n) is 4.14. The Morgan fingerprint density at radius 3 is 2.25 bits per heavy atom. The highest BCUT2D eigenvalue weighted by molar-refractivity contribution is 4.74. The molecule has 1 aliphatic carbocycles. The Hall–Kier alpha value is -0.0800. The van der Waals surface area contributed by atoms with Crippen LogP contribution in [0.2, 0.25) is 0 Å². The number of nitrogens with zero attached hydrogens (tertiary/aromatic N) is 1. The summed E-state index contributed by atoms with van der Waals surface area (Å²) in [6.07, 6.45) is 8.70. The first-order valence-corrected chi connectivity index (χ1v) is 7.05. The molecule has 1 fully saturated rings. The summed E-state index contributed by atoms with van der Waals surface area (Å²) in [6, 6.07) is 0.637. The first-order chi connectivity index (χ1) is 7.67. The van der Waals surface area contributed by atoms with Gasteiger partial charge < -0.3 is 10.0 Å². The van der Waals surface area contributed by atoms with E-state index in [1.807, 2.05) is 0 Å². The summed E-state index contributed by atoms with van der Waals surface area (Å²) in [5.41, 5.74) is 0. The van der Waals surface area contributed by atoms with Gasteiger partial charge in [0.1, 0.15) is 0 Å². The van der Waals surface area contributed by atoms with E-state index in [1.54, 1.807) is 0 Å². The molecular formula is C14H29NO. The zero-order valence-corrected chi connectivity index (χ0v) is 11.3. The topological polar surface area (TPSA) is 23.5 Å².